The fourth-order valence-electron chi connectivity index (χ4n) is 3.30. The van der Waals surface area contributed by atoms with Gasteiger partial charge in [-0.1, -0.05) is 36.4 Å². The number of ether oxygens (including phenoxy) is 1. The Labute approximate surface area is 177 Å². The van der Waals surface area contributed by atoms with Gasteiger partial charge < -0.3 is 19.6 Å². The summed E-state index contributed by atoms with van der Waals surface area (Å²) in [7, 11) is 0. The molecule has 156 valence electrons. The zero-order valence-corrected chi connectivity index (χ0v) is 16.4. The van der Waals surface area contributed by atoms with Crippen LogP contribution >= 0.6 is 0 Å². The van der Waals surface area contributed by atoms with Gasteiger partial charge in [0, 0.05) is 22.8 Å². The Morgan fingerprint density at radius 3 is 2.39 bits per heavy atom. The van der Waals surface area contributed by atoms with Crippen LogP contribution in [-0.2, 0) is 9.59 Å². The molecule has 0 saturated carbocycles. The number of Topliss-reactive ketones (excluding diaryl/α,β-unsaturated/α-hetero) is 1. The van der Waals surface area contributed by atoms with Crippen molar-refractivity contribution >= 4 is 39.6 Å². The Morgan fingerprint density at radius 2 is 1.61 bits per heavy atom. The Morgan fingerprint density at radius 1 is 0.903 bits per heavy atom. The zero-order valence-electron chi connectivity index (χ0n) is 16.4. The van der Waals surface area contributed by atoms with Gasteiger partial charge in [-0.15, -0.1) is 0 Å². The summed E-state index contributed by atoms with van der Waals surface area (Å²) >= 11 is 0. The summed E-state index contributed by atoms with van der Waals surface area (Å²) in [5.41, 5.74) is 1.69. The molecule has 2 N–H and O–H groups in total. The lowest BCUT2D eigenvalue weighted by Gasteiger charge is -2.14. The molecule has 4 aromatic rings. The lowest BCUT2D eigenvalue weighted by Crippen LogP contribution is -2.44. The third kappa shape index (κ3) is 4.56. The monoisotopic (exact) mass is 417 g/mol. The van der Waals surface area contributed by atoms with Crippen LogP contribution in [-0.4, -0.2) is 35.4 Å². The molecule has 7 heteroatoms. The molecule has 0 spiro atoms. The molecule has 1 unspecified atom stereocenters. The van der Waals surface area contributed by atoms with Crippen molar-refractivity contribution in [2.45, 2.75) is 12.5 Å². The number of hydrogen-bond acceptors (Lipinski definition) is 5. The van der Waals surface area contributed by atoms with Crippen LogP contribution in [0.15, 0.2) is 77.2 Å². The lowest BCUT2D eigenvalue weighted by molar-refractivity contribution is -0.142. The summed E-state index contributed by atoms with van der Waals surface area (Å²) in [6.07, 6.45) is -0.381. The topological polar surface area (TPSA) is 106 Å². The van der Waals surface area contributed by atoms with Crippen molar-refractivity contribution in [3.8, 4) is 5.75 Å². The number of aliphatic carboxylic acids is 1. The summed E-state index contributed by atoms with van der Waals surface area (Å²) in [6.45, 7) is -0.352. The number of para-hydroxylation sites is 2. The fraction of sp³-hybridized carbons (Fsp3) is 0.125. The highest BCUT2D eigenvalue weighted by molar-refractivity contribution is 6.09. The number of benzene rings is 3. The molecular formula is C24H19NO6. The SMILES string of the molecule is O=C(COc1ccccc1)NC(CC(=O)c1ccc2oc3ccccc3c2c1)C(=O)O. The number of hydrogen-bond donors (Lipinski definition) is 2. The quantitative estimate of drug-likeness (QED) is 0.423. The van der Waals surface area contributed by atoms with Crippen LogP contribution < -0.4 is 10.1 Å². The second-order valence-corrected chi connectivity index (χ2v) is 7.00. The van der Waals surface area contributed by atoms with E-state index in [-0.39, 0.29) is 13.0 Å². The van der Waals surface area contributed by atoms with Crippen molar-refractivity contribution in [2.24, 2.45) is 0 Å². The average Bonchev–Trinajstić information content (AvgIpc) is 3.15. The number of carbonyl (C=O) groups is 3. The molecule has 1 amide bonds. The first-order chi connectivity index (χ1) is 15.0. The van der Waals surface area contributed by atoms with Crippen LogP contribution in [0, 0.1) is 0 Å². The number of rotatable bonds is 8. The molecule has 7 nitrogen and oxygen atoms in total. The zero-order chi connectivity index (χ0) is 21.8. The molecule has 1 heterocycles. The Balaban J connectivity index is 1.45. The second-order valence-electron chi connectivity index (χ2n) is 7.00. The Bertz CT molecular complexity index is 1260. The van der Waals surface area contributed by atoms with Crippen LogP contribution in [0.2, 0.25) is 0 Å². The number of carboxylic acid groups (broad SMARTS) is 1. The maximum Gasteiger partial charge on any atom is 0.326 e. The van der Waals surface area contributed by atoms with E-state index >= 15 is 0 Å². The normalized spacial score (nSPS) is 11.9. The fourth-order valence-corrected chi connectivity index (χ4v) is 3.30. The molecule has 1 atom stereocenters. The van der Waals surface area contributed by atoms with Gasteiger partial charge in [0.15, 0.2) is 12.4 Å². The Hall–Kier alpha value is -4.13. The van der Waals surface area contributed by atoms with E-state index in [4.69, 9.17) is 9.15 Å². The first kappa shape index (κ1) is 20.2. The van der Waals surface area contributed by atoms with Gasteiger partial charge in [-0.05, 0) is 36.4 Å². The predicted molar refractivity (Wildman–Crippen MR) is 114 cm³/mol. The van der Waals surface area contributed by atoms with E-state index in [1.165, 1.54) is 0 Å². The molecule has 0 aliphatic rings. The number of furan rings is 1. The van der Waals surface area contributed by atoms with Crippen molar-refractivity contribution in [2.75, 3.05) is 6.61 Å². The van der Waals surface area contributed by atoms with E-state index < -0.39 is 23.7 Å². The molecule has 0 fully saturated rings. The highest BCUT2D eigenvalue weighted by Crippen LogP contribution is 2.29. The van der Waals surface area contributed by atoms with Crippen LogP contribution in [0.4, 0.5) is 0 Å². The number of amides is 1. The van der Waals surface area contributed by atoms with Gasteiger partial charge in [-0.2, -0.15) is 0 Å². The lowest BCUT2D eigenvalue weighted by atomic mass is 10.0. The van der Waals surface area contributed by atoms with E-state index in [1.54, 1.807) is 42.5 Å². The van der Waals surface area contributed by atoms with Gasteiger partial charge in [0.2, 0.25) is 0 Å². The molecule has 31 heavy (non-hydrogen) atoms. The van der Waals surface area contributed by atoms with Gasteiger partial charge in [0.05, 0.1) is 0 Å². The van der Waals surface area contributed by atoms with Gasteiger partial charge >= 0.3 is 5.97 Å². The highest BCUT2D eigenvalue weighted by atomic mass is 16.5. The summed E-state index contributed by atoms with van der Waals surface area (Å²) < 4.78 is 11.1. The minimum absolute atomic E-state index is 0.347. The van der Waals surface area contributed by atoms with E-state index in [1.807, 2.05) is 30.3 Å². The first-order valence-electron chi connectivity index (χ1n) is 9.66. The maximum absolute atomic E-state index is 12.7. The van der Waals surface area contributed by atoms with Crippen LogP contribution in [0.5, 0.6) is 5.75 Å². The highest BCUT2D eigenvalue weighted by Gasteiger charge is 2.24. The summed E-state index contributed by atoms with van der Waals surface area (Å²) in [4.78, 5) is 36.5. The Kier molecular flexibility index (Phi) is 5.66. The standard InChI is InChI=1S/C24H19NO6/c26-20(15-10-11-22-18(12-15)17-8-4-5-9-21(17)31-22)13-19(24(28)29)25-23(27)14-30-16-6-2-1-3-7-16/h1-12,19H,13-14H2,(H,25,27)(H,28,29). The van der Waals surface area contributed by atoms with Gasteiger partial charge in [-0.25, -0.2) is 4.79 Å². The first-order valence-corrected chi connectivity index (χ1v) is 9.66. The van der Waals surface area contributed by atoms with Crippen LogP contribution in [0.25, 0.3) is 21.9 Å². The molecule has 4 rings (SSSR count). The van der Waals surface area contributed by atoms with Crippen LogP contribution in [0.3, 0.4) is 0 Å². The molecule has 0 aliphatic heterocycles. The van der Waals surface area contributed by atoms with Crippen LogP contribution in [0.1, 0.15) is 16.8 Å². The molecule has 0 saturated heterocycles. The van der Waals surface area contributed by atoms with Crippen molar-refractivity contribution in [1.29, 1.82) is 0 Å². The molecule has 1 aromatic heterocycles. The number of fused-ring (bicyclic) bond motifs is 3. The number of nitrogens with one attached hydrogen (secondary N) is 1. The molecule has 3 aromatic carbocycles. The van der Waals surface area contributed by atoms with E-state index in [0.717, 1.165) is 10.8 Å². The number of ketones is 1. The van der Waals surface area contributed by atoms with E-state index in [9.17, 15) is 19.5 Å². The smallest absolute Gasteiger partial charge is 0.326 e. The third-order valence-corrected chi connectivity index (χ3v) is 4.83. The van der Waals surface area contributed by atoms with Gasteiger partial charge in [-0.3, -0.25) is 9.59 Å². The van der Waals surface area contributed by atoms with E-state index in [0.29, 0.717) is 22.5 Å². The van der Waals surface area contributed by atoms with Crippen molar-refractivity contribution < 1.29 is 28.6 Å². The summed E-state index contributed by atoms with van der Waals surface area (Å²) in [6, 6.07) is 19.7. The van der Waals surface area contributed by atoms with Gasteiger partial charge in [0.1, 0.15) is 23.0 Å². The summed E-state index contributed by atoms with van der Waals surface area (Å²) in [5, 5.41) is 13.4. The minimum Gasteiger partial charge on any atom is -0.484 e. The van der Waals surface area contributed by atoms with Gasteiger partial charge in [0.25, 0.3) is 5.91 Å². The minimum atomic E-state index is -1.36. The van der Waals surface area contributed by atoms with Crippen molar-refractivity contribution in [3.63, 3.8) is 0 Å². The summed E-state index contributed by atoms with van der Waals surface area (Å²) in [5.74, 6) is -1.83. The van der Waals surface area contributed by atoms with Crippen molar-refractivity contribution in [1.82, 2.24) is 5.32 Å². The van der Waals surface area contributed by atoms with E-state index in [2.05, 4.69) is 5.32 Å². The van der Waals surface area contributed by atoms with Crippen molar-refractivity contribution in [3.05, 3.63) is 78.4 Å². The third-order valence-electron chi connectivity index (χ3n) is 4.83. The number of carboxylic acids is 1. The maximum atomic E-state index is 12.7. The second kappa shape index (κ2) is 8.71. The molecule has 0 radical (unpaired) electrons. The molecule has 0 bridgehead atoms. The number of carbonyl (C=O) groups excluding carboxylic acids is 2. The predicted octanol–water partition coefficient (Wildman–Crippen LogP) is 3.81. The molecule has 0 aliphatic carbocycles. The average molecular weight is 417 g/mol. The largest absolute Gasteiger partial charge is 0.484 e. The molecular weight excluding hydrogens is 398 g/mol.